The first kappa shape index (κ1) is 15.2. The summed E-state index contributed by atoms with van der Waals surface area (Å²) in [6, 6.07) is 11.4. The molecule has 1 nitrogen and oxygen atoms in total. The van der Waals surface area contributed by atoms with E-state index in [1.54, 1.807) is 13.2 Å². The van der Waals surface area contributed by atoms with Gasteiger partial charge in [-0.2, -0.15) is 0 Å². The van der Waals surface area contributed by atoms with Gasteiger partial charge in [-0.05, 0) is 51.3 Å². The predicted molar refractivity (Wildman–Crippen MR) is 87.9 cm³/mol. The van der Waals surface area contributed by atoms with E-state index in [0.29, 0.717) is 10.0 Å². The van der Waals surface area contributed by atoms with E-state index in [4.69, 9.17) is 27.9 Å². The molecule has 0 aliphatic rings. The van der Waals surface area contributed by atoms with Crippen LogP contribution in [0.3, 0.4) is 0 Å². The van der Waals surface area contributed by atoms with E-state index >= 15 is 0 Å². The third kappa shape index (κ3) is 3.46. The van der Waals surface area contributed by atoms with Crippen molar-refractivity contribution in [3.05, 3.63) is 62.0 Å². The third-order valence-electron chi connectivity index (χ3n) is 2.72. The second-order valence-corrected chi connectivity index (χ2v) is 6.51. The van der Waals surface area contributed by atoms with Crippen molar-refractivity contribution < 1.29 is 4.74 Å². The number of halogens is 4. The van der Waals surface area contributed by atoms with Gasteiger partial charge in [0, 0.05) is 9.50 Å². The highest BCUT2D eigenvalue weighted by atomic mass is 79.9. The van der Waals surface area contributed by atoms with Crippen LogP contribution in [0.15, 0.2) is 40.9 Å². The summed E-state index contributed by atoms with van der Waals surface area (Å²) in [4.78, 5) is -0.0171. The molecule has 1 atom stereocenters. The quantitative estimate of drug-likeness (QED) is 0.529. The van der Waals surface area contributed by atoms with Crippen LogP contribution in [0, 0.1) is 0 Å². The topological polar surface area (TPSA) is 9.23 Å². The Hall–Kier alpha value is -0.220. The van der Waals surface area contributed by atoms with E-state index in [1.807, 2.05) is 30.3 Å². The lowest BCUT2D eigenvalue weighted by molar-refractivity contribution is 0.414. The van der Waals surface area contributed by atoms with E-state index in [1.165, 1.54) is 0 Å². The Morgan fingerprint density at radius 3 is 2.37 bits per heavy atom. The lowest BCUT2D eigenvalue weighted by Gasteiger charge is -2.14. The molecule has 100 valence electrons. The largest absolute Gasteiger partial charge is 0.497 e. The number of benzene rings is 2. The number of hydrogen-bond acceptors (Lipinski definition) is 1. The second-order valence-electron chi connectivity index (χ2n) is 3.92. The van der Waals surface area contributed by atoms with Gasteiger partial charge in [-0.25, -0.2) is 0 Å². The molecule has 0 saturated heterocycles. The van der Waals surface area contributed by atoms with Crippen LogP contribution in [-0.2, 0) is 0 Å². The normalized spacial score (nSPS) is 12.3. The Morgan fingerprint density at radius 1 is 1.05 bits per heavy atom. The number of methoxy groups -OCH3 is 1. The van der Waals surface area contributed by atoms with Crippen LogP contribution >= 0.6 is 55.1 Å². The van der Waals surface area contributed by atoms with E-state index in [9.17, 15) is 0 Å². The van der Waals surface area contributed by atoms with Crippen LogP contribution in [0.1, 0.15) is 16.0 Å². The van der Waals surface area contributed by atoms with Gasteiger partial charge in [0.15, 0.2) is 0 Å². The molecule has 0 bridgehead atoms. The highest BCUT2D eigenvalue weighted by Crippen LogP contribution is 2.38. The van der Waals surface area contributed by atoms with Gasteiger partial charge in [-0.15, -0.1) is 0 Å². The molecule has 2 rings (SSSR count). The van der Waals surface area contributed by atoms with Crippen LogP contribution in [0.25, 0.3) is 0 Å². The summed E-state index contributed by atoms with van der Waals surface area (Å²) in [7, 11) is 1.62. The average Bonchev–Trinajstić information content (AvgIpc) is 2.41. The van der Waals surface area contributed by atoms with Crippen molar-refractivity contribution in [2.75, 3.05) is 7.11 Å². The fraction of sp³-hybridized carbons (Fsp3) is 0.143. The van der Waals surface area contributed by atoms with Crippen LogP contribution < -0.4 is 4.74 Å². The number of ether oxygens (including phenoxy) is 1. The second kappa shape index (κ2) is 6.49. The van der Waals surface area contributed by atoms with E-state index in [0.717, 1.165) is 21.3 Å². The zero-order valence-electron chi connectivity index (χ0n) is 9.96. The van der Waals surface area contributed by atoms with Gasteiger partial charge in [0.1, 0.15) is 5.75 Å². The zero-order chi connectivity index (χ0) is 14.0. The van der Waals surface area contributed by atoms with E-state index in [-0.39, 0.29) is 4.83 Å². The lowest BCUT2D eigenvalue weighted by atomic mass is 10.0. The molecule has 0 radical (unpaired) electrons. The first-order chi connectivity index (χ1) is 9.02. The fourth-order valence-corrected chi connectivity index (χ4v) is 3.22. The van der Waals surface area contributed by atoms with E-state index in [2.05, 4.69) is 31.9 Å². The minimum Gasteiger partial charge on any atom is -0.497 e. The van der Waals surface area contributed by atoms with Gasteiger partial charge in [-0.3, -0.25) is 0 Å². The first-order valence-corrected chi connectivity index (χ1v) is 7.92. The molecule has 0 aliphatic heterocycles. The summed E-state index contributed by atoms with van der Waals surface area (Å²) in [6.07, 6.45) is 0. The highest BCUT2D eigenvalue weighted by molar-refractivity contribution is 9.10. The number of hydrogen-bond donors (Lipinski definition) is 0. The van der Waals surface area contributed by atoms with Crippen molar-refractivity contribution in [1.82, 2.24) is 0 Å². The first-order valence-electron chi connectivity index (χ1n) is 5.45. The third-order valence-corrected chi connectivity index (χ3v) is 5.30. The minimum absolute atomic E-state index is 0.0171. The summed E-state index contributed by atoms with van der Waals surface area (Å²) >= 11 is 19.4. The van der Waals surface area contributed by atoms with Gasteiger partial charge in [0.05, 0.1) is 17.0 Å². The molecule has 19 heavy (non-hydrogen) atoms. The van der Waals surface area contributed by atoms with Gasteiger partial charge in [0.2, 0.25) is 0 Å². The maximum absolute atomic E-state index is 6.27. The Labute approximate surface area is 139 Å². The molecule has 0 aromatic heterocycles. The Bertz CT molecular complexity index is 602. The van der Waals surface area contributed by atoms with Crippen molar-refractivity contribution in [3.8, 4) is 5.75 Å². The molecule has 1 unspecified atom stereocenters. The monoisotopic (exact) mass is 422 g/mol. The molecule has 0 spiro atoms. The number of alkyl halides is 1. The van der Waals surface area contributed by atoms with Crippen molar-refractivity contribution in [3.63, 3.8) is 0 Å². The number of rotatable bonds is 3. The average molecular weight is 425 g/mol. The molecule has 0 N–H and O–H groups in total. The Morgan fingerprint density at radius 2 is 1.79 bits per heavy atom. The maximum Gasteiger partial charge on any atom is 0.120 e. The summed E-state index contributed by atoms with van der Waals surface area (Å²) < 4.78 is 6.02. The standard InChI is InChI=1S/C14H10Br2Cl2O/c1-19-9-3-4-10(12(17)7-9)14(16)8-2-5-11(15)13(18)6-8/h2-7,14H,1H3. The summed E-state index contributed by atoms with van der Waals surface area (Å²) in [6.45, 7) is 0. The highest BCUT2D eigenvalue weighted by Gasteiger charge is 2.15. The van der Waals surface area contributed by atoms with Crippen molar-refractivity contribution in [1.29, 1.82) is 0 Å². The van der Waals surface area contributed by atoms with Gasteiger partial charge in [-0.1, -0.05) is 51.3 Å². The minimum atomic E-state index is -0.0171. The van der Waals surface area contributed by atoms with Crippen LogP contribution in [0.5, 0.6) is 5.75 Å². The summed E-state index contributed by atoms with van der Waals surface area (Å²) in [5, 5.41) is 1.33. The fourth-order valence-electron chi connectivity index (χ4n) is 1.69. The van der Waals surface area contributed by atoms with Crippen molar-refractivity contribution in [2.45, 2.75) is 4.83 Å². The molecule has 0 saturated carbocycles. The molecular weight excluding hydrogens is 415 g/mol. The Kier molecular flexibility index (Phi) is 5.18. The molecule has 5 heteroatoms. The maximum atomic E-state index is 6.27. The molecule has 2 aromatic carbocycles. The summed E-state index contributed by atoms with van der Waals surface area (Å²) in [5.74, 6) is 0.738. The van der Waals surface area contributed by atoms with Gasteiger partial charge < -0.3 is 4.74 Å². The van der Waals surface area contributed by atoms with Crippen LogP contribution in [0.4, 0.5) is 0 Å². The SMILES string of the molecule is COc1ccc(C(Br)c2ccc(Br)c(Cl)c2)c(Cl)c1. The molecule has 0 fully saturated rings. The van der Waals surface area contributed by atoms with Gasteiger partial charge in [0.25, 0.3) is 0 Å². The molecule has 0 amide bonds. The van der Waals surface area contributed by atoms with Crippen molar-refractivity contribution >= 4 is 55.1 Å². The smallest absolute Gasteiger partial charge is 0.120 e. The molecular formula is C14H10Br2Cl2O. The van der Waals surface area contributed by atoms with Crippen molar-refractivity contribution in [2.24, 2.45) is 0 Å². The van der Waals surface area contributed by atoms with Crippen LogP contribution in [0.2, 0.25) is 10.0 Å². The summed E-state index contributed by atoms with van der Waals surface area (Å²) in [5.41, 5.74) is 2.01. The lowest BCUT2D eigenvalue weighted by Crippen LogP contribution is -1.95. The Balaban J connectivity index is 2.38. The molecule has 2 aromatic rings. The van der Waals surface area contributed by atoms with Crippen LogP contribution in [-0.4, -0.2) is 7.11 Å². The molecule has 0 heterocycles. The van der Waals surface area contributed by atoms with E-state index < -0.39 is 0 Å². The predicted octanol–water partition coefficient (Wildman–Crippen LogP) is 6.25. The zero-order valence-corrected chi connectivity index (χ0v) is 14.6. The van der Waals surface area contributed by atoms with Gasteiger partial charge >= 0.3 is 0 Å². The molecule has 0 aliphatic carbocycles.